The van der Waals surface area contributed by atoms with E-state index in [0.29, 0.717) is 6.04 Å². The van der Waals surface area contributed by atoms with Crippen molar-refractivity contribution in [1.82, 2.24) is 10.2 Å². The Labute approximate surface area is 98.3 Å². The van der Waals surface area contributed by atoms with Gasteiger partial charge in [-0.3, -0.25) is 4.79 Å². The fraction of sp³-hybridized carbons (Fsp3) is 0.917. The highest BCUT2D eigenvalue weighted by atomic mass is 16.5. The number of carbonyl (C=O) groups excluding carboxylic acids is 1. The SMILES string of the molecule is COCCCCN1CCC(NC(C)C)C1=O. The third-order valence-corrected chi connectivity index (χ3v) is 2.86. The van der Waals surface area contributed by atoms with Gasteiger partial charge in [0.25, 0.3) is 0 Å². The predicted molar refractivity (Wildman–Crippen MR) is 64.4 cm³/mol. The Morgan fingerprint density at radius 1 is 1.50 bits per heavy atom. The summed E-state index contributed by atoms with van der Waals surface area (Å²) in [6.07, 6.45) is 3.01. The molecule has 1 aliphatic rings. The van der Waals surface area contributed by atoms with E-state index in [4.69, 9.17) is 4.74 Å². The molecule has 0 bridgehead atoms. The summed E-state index contributed by atoms with van der Waals surface area (Å²) in [6.45, 7) is 6.72. The van der Waals surface area contributed by atoms with Crippen molar-refractivity contribution in [3.8, 4) is 0 Å². The lowest BCUT2D eigenvalue weighted by Crippen LogP contribution is -2.41. The molecule has 0 saturated carbocycles. The number of unbranched alkanes of at least 4 members (excludes halogenated alkanes) is 1. The second-order valence-corrected chi connectivity index (χ2v) is 4.69. The molecule has 4 nitrogen and oxygen atoms in total. The molecule has 0 aliphatic carbocycles. The van der Waals surface area contributed by atoms with Crippen LogP contribution >= 0.6 is 0 Å². The second-order valence-electron chi connectivity index (χ2n) is 4.69. The van der Waals surface area contributed by atoms with Crippen LogP contribution in [-0.4, -0.2) is 49.7 Å². The molecule has 1 N–H and O–H groups in total. The van der Waals surface area contributed by atoms with Crippen molar-refractivity contribution in [1.29, 1.82) is 0 Å². The topological polar surface area (TPSA) is 41.6 Å². The predicted octanol–water partition coefficient (Wildman–Crippen LogP) is 1.01. The number of nitrogens with zero attached hydrogens (tertiary/aromatic N) is 1. The van der Waals surface area contributed by atoms with Crippen molar-refractivity contribution in [2.24, 2.45) is 0 Å². The van der Waals surface area contributed by atoms with Crippen LogP contribution in [-0.2, 0) is 9.53 Å². The molecule has 0 spiro atoms. The summed E-state index contributed by atoms with van der Waals surface area (Å²) in [5.74, 6) is 0.270. The van der Waals surface area contributed by atoms with Gasteiger partial charge in [-0.15, -0.1) is 0 Å². The Morgan fingerprint density at radius 3 is 2.88 bits per heavy atom. The Morgan fingerprint density at radius 2 is 2.25 bits per heavy atom. The van der Waals surface area contributed by atoms with Crippen LogP contribution in [0, 0.1) is 0 Å². The summed E-state index contributed by atoms with van der Waals surface area (Å²) >= 11 is 0. The van der Waals surface area contributed by atoms with Crippen LogP contribution in [0.1, 0.15) is 33.1 Å². The van der Waals surface area contributed by atoms with Crippen molar-refractivity contribution in [2.45, 2.75) is 45.2 Å². The van der Waals surface area contributed by atoms with Crippen LogP contribution in [0.4, 0.5) is 0 Å². The van der Waals surface area contributed by atoms with E-state index in [0.717, 1.165) is 39.0 Å². The molecule has 1 amide bonds. The zero-order valence-corrected chi connectivity index (χ0v) is 10.7. The number of rotatable bonds is 7. The first kappa shape index (κ1) is 13.5. The lowest BCUT2D eigenvalue weighted by Gasteiger charge is -2.18. The van der Waals surface area contributed by atoms with Gasteiger partial charge in [0.1, 0.15) is 0 Å². The number of hydrogen-bond donors (Lipinski definition) is 1. The van der Waals surface area contributed by atoms with Gasteiger partial charge in [-0.1, -0.05) is 13.8 Å². The van der Waals surface area contributed by atoms with Gasteiger partial charge in [-0.25, -0.2) is 0 Å². The van der Waals surface area contributed by atoms with Gasteiger partial charge in [-0.2, -0.15) is 0 Å². The van der Waals surface area contributed by atoms with Crippen LogP contribution in [0.25, 0.3) is 0 Å². The maximum Gasteiger partial charge on any atom is 0.239 e. The molecule has 16 heavy (non-hydrogen) atoms. The van der Waals surface area contributed by atoms with E-state index in [1.165, 1.54) is 0 Å². The van der Waals surface area contributed by atoms with Crippen molar-refractivity contribution in [3.63, 3.8) is 0 Å². The molecule has 94 valence electrons. The highest BCUT2D eigenvalue weighted by Crippen LogP contribution is 2.12. The average Bonchev–Trinajstić information content (AvgIpc) is 2.56. The van der Waals surface area contributed by atoms with Crippen molar-refractivity contribution >= 4 is 5.91 Å². The van der Waals surface area contributed by atoms with Crippen LogP contribution in [0.2, 0.25) is 0 Å². The molecule has 0 aromatic rings. The molecule has 1 heterocycles. The standard InChI is InChI=1S/C12H24N2O2/c1-10(2)13-11-6-8-14(12(11)15)7-4-5-9-16-3/h10-11,13H,4-9H2,1-3H3. The fourth-order valence-corrected chi connectivity index (χ4v) is 2.07. The van der Waals surface area contributed by atoms with Crippen LogP contribution in [0.15, 0.2) is 0 Å². The molecule has 1 atom stereocenters. The van der Waals surface area contributed by atoms with Gasteiger partial charge in [0.05, 0.1) is 6.04 Å². The monoisotopic (exact) mass is 228 g/mol. The zero-order chi connectivity index (χ0) is 12.0. The third-order valence-electron chi connectivity index (χ3n) is 2.86. The van der Waals surface area contributed by atoms with Crippen molar-refractivity contribution in [3.05, 3.63) is 0 Å². The quantitative estimate of drug-likeness (QED) is 0.661. The summed E-state index contributed by atoms with van der Waals surface area (Å²) in [4.78, 5) is 13.9. The maximum absolute atomic E-state index is 11.9. The Balaban J connectivity index is 2.22. The lowest BCUT2D eigenvalue weighted by atomic mass is 10.2. The molecule has 0 aromatic heterocycles. The van der Waals surface area contributed by atoms with Crippen LogP contribution in [0.3, 0.4) is 0 Å². The largest absolute Gasteiger partial charge is 0.385 e. The van der Waals surface area contributed by atoms with Gasteiger partial charge in [-0.05, 0) is 19.3 Å². The molecule has 0 radical (unpaired) electrons. The van der Waals surface area contributed by atoms with Gasteiger partial charge in [0, 0.05) is 32.8 Å². The normalized spacial score (nSPS) is 21.1. The minimum atomic E-state index is 0.0439. The minimum absolute atomic E-state index is 0.0439. The molecule has 4 heteroatoms. The molecule has 1 unspecified atom stereocenters. The van der Waals surface area contributed by atoms with Gasteiger partial charge >= 0.3 is 0 Å². The second kappa shape index (κ2) is 6.86. The first-order valence-electron chi connectivity index (χ1n) is 6.19. The van der Waals surface area contributed by atoms with E-state index in [-0.39, 0.29) is 11.9 Å². The van der Waals surface area contributed by atoms with Crippen molar-refractivity contribution < 1.29 is 9.53 Å². The molecule has 1 aliphatic heterocycles. The first-order valence-corrected chi connectivity index (χ1v) is 6.19. The van der Waals surface area contributed by atoms with Crippen LogP contribution < -0.4 is 5.32 Å². The number of hydrogen-bond acceptors (Lipinski definition) is 3. The van der Waals surface area contributed by atoms with E-state index in [1.54, 1.807) is 7.11 Å². The Kier molecular flexibility index (Phi) is 5.77. The third kappa shape index (κ3) is 4.10. The molecule has 1 fully saturated rings. The molecule has 1 rings (SSSR count). The summed E-state index contributed by atoms with van der Waals surface area (Å²) in [5, 5.41) is 3.31. The fourth-order valence-electron chi connectivity index (χ4n) is 2.07. The smallest absolute Gasteiger partial charge is 0.239 e. The lowest BCUT2D eigenvalue weighted by molar-refractivity contribution is -0.129. The van der Waals surface area contributed by atoms with E-state index in [2.05, 4.69) is 19.2 Å². The number of carbonyl (C=O) groups is 1. The Bertz CT molecular complexity index is 219. The maximum atomic E-state index is 11.9. The number of methoxy groups -OCH3 is 1. The van der Waals surface area contributed by atoms with E-state index < -0.39 is 0 Å². The Hall–Kier alpha value is -0.610. The summed E-state index contributed by atoms with van der Waals surface area (Å²) in [6, 6.07) is 0.421. The number of nitrogens with one attached hydrogen (secondary N) is 1. The van der Waals surface area contributed by atoms with Gasteiger partial charge in [0.2, 0.25) is 5.91 Å². The summed E-state index contributed by atoms with van der Waals surface area (Å²) < 4.78 is 4.99. The molecular formula is C12H24N2O2. The highest BCUT2D eigenvalue weighted by Gasteiger charge is 2.30. The highest BCUT2D eigenvalue weighted by molar-refractivity contribution is 5.83. The van der Waals surface area contributed by atoms with E-state index in [9.17, 15) is 4.79 Å². The molecule has 0 aromatic carbocycles. The first-order chi connectivity index (χ1) is 7.65. The average molecular weight is 228 g/mol. The van der Waals surface area contributed by atoms with Crippen LogP contribution in [0.5, 0.6) is 0 Å². The van der Waals surface area contributed by atoms with E-state index >= 15 is 0 Å². The molecule has 1 saturated heterocycles. The van der Waals surface area contributed by atoms with Crippen molar-refractivity contribution in [2.75, 3.05) is 26.8 Å². The minimum Gasteiger partial charge on any atom is -0.385 e. The molecular weight excluding hydrogens is 204 g/mol. The summed E-state index contributed by atoms with van der Waals surface area (Å²) in [7, 11) is 1.71. The number of ether oxygens (including phenoxy) is 1. The number of likely N-dealkylation sites (tertiary alicyclic amines) is 1. The number of amides is 1. The summed E-state index contributed by atoms with van der Waals surface area (Å²) in [5.41, 5.74) is 0. The van der Waals surface area contributed by atoms with Gasteiger partial charge < -0.3 is 15.0 Å². The van der Waals surface area contributed by atoms with E-state index in [1.807, 2.05) is 4.90 Å². The van der Waals surface area contributed by atoms with Gasteiger partial charge in [0.15, 0.2) is 0 Å². The zero-order valence-electron chi connectivity index (χ0n) is 10.7.